The Balaban J connectivity index is 1.66. The van der Waals surface area contributed by atoms with Gasteiger partial charge in [-0.25, -0.2) is 4.39 Å². The molecule has 1 aliphatic rings. The Labute approximate surface area is 140 Å². The molecule has 122 valence electrons. The molecule has 22 heavy (non-hydrogen) atoms. The summed E-state index contributed by atoms with van der Waals surface area (Å²) in [4.78, 5) is 14.3. The number of thioether (sulfide) groups is 1. The molecule has 1 aliphatic heterocycles. The van der Waals surface area contributed by atoms with Crippen LogP contribution in [0.3, 0.4) is 0 Å². The van der Waals surface area contributed by atoms with Crippen molar-refractivity contribution in [2.24, 2.45) is 5.92 Å². The van der Waals surface area contributed by atoms with Crippen molar-refractivity contribution < 1.29 is 9.18 Å². The van der Waals surface area contributed by atoms with Crippen molar-refractivity contribution in [2.75, 3.05) is 32.4 Å². The largest absolute Gasteiger partial charge is 0.355 e. The van der Waals surface area contributed by atoms with E-state index in [1.807, 2.05) is 7.05 Å². The van der Waals surface area contributed by atoms with Crippen LogP contribution in [0.4, 0.5) is 4.39 Å². The summed E-state index contributed by atoms with van der Waals surface area (Å²) in [5, 5.41) is 3.44. The van der Waals surface area contributed by atoms with Gasteiger partial charge in [-0.05, 0) is 38.6 Å². The van der Waals surface area contributed by atoms with Gasteiger partial charge in [-0.1, -0.05) is 17.7 Å². The van der Waals surface area contributed by atoms with Crippen LogP contribution in [0.1, 0.15) is 18.4 Å². The van der Waals surface area contributed by atoms with Crippen LogP contribution in [0.25, 0.3) is 0 Å². The molecule has 1 aromatic rings. The fourth-order valence-corrected chi connectivity index (χ4v) is 3.81. The van der Waals surface area contributed by atoms with Gasteiger partial charge in [0.1, 0.15) is 5.82 Å². The fraction of sp³-hybridized carbons (Fsp3) is 0.562. The van der Waals surface area contributed by atoms with Crippen molar-refractivity contribution >= 4 is 29.3 Å². The molecule has 0 saturated carbocycles. The third kappa shape index (κ3) is 5.14. The zero-order valence-electron chi connectivity index (χ0n) is 12.8. The van der Waals surface area contributed by atoms with Crippen LogP contribution < -0.4 is 5.32 Å². The van der Waals surface area contributed by atoms with Gasteiger partial charge in [0.25, 0.3) is 0 Å². The summed E-state index contributed by atoms with van der Waals surface area (Å²) in [5.41, 5.74) is 0.536. The predicted molar refractivity (Wildman–Crippen MR) is 90.8 cm³/mol. The smallest absolute Gasteiger partial charge is 0.224 e. The second kappa shape index (κ2) is 8.75. The number of hydrogen-bond donors (Lipinski definition) is 1. The second-order valence-electron chi connectivity index (χ2n) is 5.65. The van der Waals surface area contributed by atoms with Crippen LogP contribution in [0.2, 0.25) is 5.02 Å². The van der Waals surface area contributed by atoms with E-state index in [1.165, 1.54) is 6.07 Å². The molecule has 3 nitrogen and oxygen atoms in total. The monoisotopic (exact) mass is 344 g/mol. The number of amides is 1. The maximum Gasteiger partial charge on any atom is 0.224 e. The lowest BCUT2D eigenvalue weighted by atomic mass is 9.98. The van der Waals surface area contributed by atoms with Gasteiger partial charge < -0.3 is 10.2 Å². The number of benzene rings is 1. The molecule has 1 N–H and O–H groups in total. The summed E-state index contributed by atoms with van der Waals surface area (Å²) >= 11 is 7.55. The summed E-state index contributed by atoms with van der Waals surface area (Å²) in [6.07, 6.45) is 2.04. The van der Waals surface area contributed by atoms with E-state index in [-0.39, 0.29) is 17.6 Å². The van der Waals surface area contributed by atoms with Gasteiger partial charge in [-0.15, -0.1) is 0 Å². The van der Waals surface area contributed by atoms with Crippen molar-refractivity contribution in [3.05, 3.63) is 34.6 Å². The summed E-state index contributed by atoms with van der Waals surface area (Å²) in [5.74, 6) is 1.24. The molecule has 0 spiro atoms. The third-order valence-corrected chi connectivity index (χ3v) is 5.19. The number of halogens is 2. The molecule has 0 aromatic heterocycles. The number of hydrogen-bond acceptors (Lipinski definition) is 3. The van der Waals surface area contributed by atoms with Gasteiger partial charge >= 0.3 is 0 Å². The van der Waals surface area contributed by atoms with Gasteiger partial charge in [0.05, 0.1) is 5.92 Å². The molecule has 1 saturated heterocycles. The number of rotatable bonds is 6. The van der Waals surface area contributed by atoms with Gasteiger partial charge in [-0.3, -0.25) is 4.79 Å². The number of nitrogens with one attached hydrogen (secondary N) is 1. The molecule has 1 atom stereocenters. The van der Waals surface area contributed by atoms with E-state index in [0.717, 1.165) is 31.7 Å². The van der Waals surface area contributed by atoms with E-state index in [0.29, 0.717) is 22.9 Å². The first-order valence-electron chi connectivity index (χ1n) is 7.55. The molecular weight excluding hydrogens is 323 g/mol. The molecule has 0 aliphatic carbocycles. The molecule has 0 bridgehead atoms. The first kappa shape index (κ1) is 17.6. The number of piperidine rings is 1. The highest BCUT2D eigenvalue weighted by atomic mass is 35.5. The highest BCUT2D eigenvalue weighted by molar-refractivity contribution is 7.98. The van der Waals surface area contributed by atoms with Crippen molar-refractivity contribution in [3.8, 4) is 0 Å². The van der Waals surface area contributed by atoms with Crippen LogP contribution in [0, 0.1) is 11.7 Å². The Bertz CT molecular complexity index is 495. The van der Waals surface area contributed by atoms with E-state index in [9.17, 15) is 9.18 Å². The molecule has 1 fully saturated rings. The SMILES string of the molecule is CN1CCC[C@H](C(=O)NCCSCc2c(F)cccc2Cl)C1. The lowest BCUT2D eigenvalue weighted by molar-refractivity contribution is -0.126. The highest BCUT2D eigenvalue weighted by Crippen LogP contribution is 2.23. The quantitative estimate of drug-likeness (QED) is 0.804. The Morgan fingerprint density at radius 1 is 1.55 bits per heavy atom. The maximum absolute atomic E-state index is 13.6. The molecule has 0 unspecified atom stereocenters. The topological polar surface area (TPSA) is 32.3 Å². The lowest BCUT2D eigenvalue weighted by Gasteiger charge is -2.28. The van der Waals surface area contributed by atoms with Gasteiger partial charge in [-0.2, -0.15) is 11.8 Å². The number of carbonyl (C=O) groups is 1. The minimum Gasteiger partial charge on any atom is -0.355 e. The number of carbonyl (C=O) groups excluding carboxylic acids is 1. The summed E-state index contributed by atoms with van der Waals surface area (Å²) in [7, 11) is 2.05. The molecule has 6 heteroatoms. The van der Waals surface area contributed by atoms with E-state index in [1.54, 1.807) is 23.9 Å². The van der Waals surface area contributed by atoms with Gasteiger partial charge in [0.2, 0.25) is 5.91 Å². The van der Waals surface area contributed by atoms with E-state index in [4.69, 9.17) is 11.6 Å². The van der Waals surface area contributed by atoms with Crippen molar-refractivity contribution in [1.82, 2.24) is 10.2 Å². The number of nitrogens with zero attached hydrogens (tertiary/aromatic N) is 1. The molecular formula is C16H22ClFN2OS. The second-order valence-corrected chi connectivity index (χ2v) is 7.16. The summed E-state index contributed by atoms with van der Waals surface area (Å²) in [6.45, 7) is 2.52. The van der Waals surface area contributed by atoms with Crippen LogP contribution in [0.5, 0.6) is 0 Å². The van der Waals surface area contributed by atoms with Crippen LogP contribution in [-0.2, 0) is 10.5 Å². The Hall–Kier alpha value is -0.780. The van der Waals surface area contributed by atoms with Crippen LogP contribution >= 0.6 is 23.4 Å². The normalized spacial score (nSPS) is 19.1. The predicted octanol–water partition coefficient (Wildman–Crippen LogP) is 3.17. The average molecular weight is 345 g/mol. The van der Waals surface area contributed by atoms with Crippen LogP contribution in [-0.4, -0.2) is 43.2 Å². The minimum atomic E-state index is -0.269. The van der Waals surface area contributed by atoms with Crippen molar-refractivity contribution in [1.29, 1.82) is 0 Å². The highest BCUT2D eigenvalue weighted by Gasteiger charge is 2.23. The molecule has 1 aromatic carbocycles. The Morgan fingerprint density at radius 3 is 3.09 bits per heavy atom. The molecule has 2 rings (SSSR count). The standard InChI is InChI=1S/C16H22ClFN2OS/c1-20-8-3-4-12(10-20)16(21)19-7-9-22-11-13-14(17)5-2-6-15(13)18/h2,5-6,12H,3-4,7-11H2,1H3,(H,19,21)/t12-/m0/s1. The summed E-state index contributed by atoms with van der Waals surface area (Å²) in [6, 6.07) is 4.72. The average Bonchev–Trinajstić information content (AvgIpc) is 2.49. The first-order chi connectivity index (χ1) is 10.6. The van der Waals surface area contributed by atoms with Crippen LogP contribution in [0.15, 0.2) is 18.2 Å². The zero-order valence-corrected chi connectivity index (χ0v) is 14.4. The number of likely N-dealkylation sites (tertiary alicyclic amines) is 1. The molecule has 0 radical (unpaired) electrons. The fourth-order valence-electron chi connectivity index (χ4n) is 2.62. The third-order valence-electron chi connectivity index (χ3n) is 3.85. The molecule has 1 amide bonds. The minimum absolute atomic E-state index is 0.102. The zero-order chi connectivity index (χ0) is 15.9. The van der Waals surface area contributed by atoms with E-state index < -0.39 is 0 Å². The van der Waals surface area contributed by atoms with Crippen molar-refractivity contribution in [3.63, 3.8) is 0 Å². The Morgan fingerprint density at radius 2 is 2.36 bits per heavy atom. The Kier molecular flexibility index (Phi) is 6.99. The maximum atomic E-state index is 13.6. The van der Waals surface area contributed by atoms with Gasteiger partial charge in [0, 0.05) is 35.2 Å². The van der Waals surface area contributed by atoms with Crippen molar-refractivity contribution in [2.45, 2.75) is 18.6 Å². The van der Waals surface area contributed by atoms with E-state index >= 15 is 0 Å². The summed E-state index contributed by atoms with van der Waals surface area (Å²) < 4.78 is 13.6. The van der Waals surface area contributed by atoms with Gasteiger partial charge in [0.15, 0.2) is 0 Å². The lowest BCUT2D eigenvalue weighted by Crippen LogP contribution is -2.41. The van der Waals surface area contributed by atoms with E-state index in [2.05, 4.69) is 10.2 Å². The molecule has 1 heterocycles. The first-order valence-corrected chi connectivity index (χ1v) is 9.08.